The Morgan fingerprint density at radius 3 is 1.69 bits per heavy atom. The molecular weight excluding hydrogens is 1040 g/mol. The molecule has 0 bridgehead atoms. The maximum atomic E-state index is 11.8. The number of nitrogens with zero attached hydrogens (tertiary/aromatic N) is 6. The Morgan fingerprint density at radius 2 is 1.21 bits per heavy atom. The van der Waals surface area contributed by atoms with E-state index in [9.17, 15) is 9.90 Å². The second-order valence-corrected chi connectivity index (χ2v) is 33.9. The van der Waals surface area contributed by atoms with Crippen molar-refractivity contribution in [2.45, 2.75) is 135 Å². The summed E-state index contributed by atoms with van der Waals surface area (Å²) in [6.07, 6.45) is 3.34. The first kappa shape index (κ1) is 54.3. The summed E-state index contributed by atoms with van der Waals surface area (Å²) >= 11 is 14.5. The maximum absolute atomic E-state index is 11.8. The molecule has 6 heterocycles. The molecule has 364 valence electrons. The Labute approximate surface area is 420 Å². The standard InChI is InChI=1S/C21H26N4O3.C15H20O3.C6H16Cl2Si2.C6H5IN4/c1-4-20(3)14(2)18(27-12-15-8-6-5-7-9-15)21(26,28-20)17-11-10-16-19(22)23-13-24-25(16)17;1-4-15(3)11(2)13(14(16)18-15)17-10-12-8-6-5-7-9-12;1-9(2,7)5-6-10(3,4)8;7-5-2-1-4-6(8)9-3-10-11(4)5/h5-11,13-14,18,26H,4,12H2,1-3H3,(H2,22,23,24);5-9,11,13H,4,10H2,1-3H3;5-6H2,1-4H3;1-3H,(H2,8,9,10)/t14-,18+,20+,21?;11-,13+,15+;;/m00../s1. The van der Waals surface area contributed by atoms with E-state index in [2.05, 4.69) is 75.9 Å². The number of aliphatic hydroxyl groups is 1. The third-order valence-corrected chi connectivity index (χ3v) is 18.1. The third kappa shape index (κ3) is 13.8. The van der Waals surface area contributed by atoms with Gasteiger partial charge in [0.25, 0.3) is 0 Å². The molecular formula is C48H67Cl2IN8O6Si2. The largest absolute Gasteiger partial charge is 0.457 e. The van der Waals surface area contributed by atoms with Gasteiger partial charge in [-0.3, -0.25) is 0 Å². The van der Waals surface area contributed by atoms with Gasteiger partial charge in [0, 0.05) is 11.8 Å². The van der Waals surface area contributed by atoms with Crippen molar-refractivity contribution in [3.8, 4) is 0 Å². The third-order valence-electron chi connectivity index (χ3n) is 12.7. The zero-order valence-corrected chi connectivity index (χ0v) is 45.9. The normalized spacial score (nSPS) is 24.8. The molecule has 2 aliphatic rings. The molecule has 2 saturated heterocycles. The van der Waals surface area contributed by atoms with Crippen molar-refractivity contribution in [1.82, 2.24) is 29.2 Å². The molecule has 67 heavy (non-hydrogen) atoms. The van der Waals surface area contributed by atoms with Crippen molar-refractivity contribution < 1.29 is 28.8 Å². The van der Waals surface area contributed by atoms with E-state index in [4.69, 9.17) is 52.6 Å². The second-order valence-electron chi connectivity index (χ2n) is 18.8. The number of aromatic nitrogens is 6. The summed E-state index contributed by atoms with van der Waals surface area (Å²) in [5.74, 6) is -0.997. The molecule has 2 fully saturated rings. The number of hydrogen-bond acceptors (Lipinski definition) is 12. The van der Waals surface area contributed by atoms with E-state index >= 15 is 0 Å². The minimum absolute atomic E-state index is 0.0454. The van der Waals surface area contributed by atoms with Crippen LogP contribution in [-0.4, -0.2) is 78.4 Å². The molecule has 4 aromatic heterocycles. The van der Waals surface area contributed by atoms with Gasteiger partial charge in [-0.1, -0.05) is 115 Å². The molecule has 2 aliphatic heterocycles. The number of rotatable bonds is 12. The first-order chi connectivity index (χ1) is 31.4. The Balaban J connectivity index is 0.000000184. The lowest BCUT2D eigenvalue weighted by molar-refractivity contribution is -0.267. The van der Waals surface area contributed by atoms with Crippen LogP contribution in [0.1, 0.15) is 71.2 Å². The van der Waals surface area contributed by atoms with Crippen molar-refractivity contribution in [2.24, 2.45) is 11.8 Å². The Kier molecular flexibility index (Phi) is 18.5. The van der Waals surface area contributed by atoms with Crippen LogP contribution in [0.3, 0.4) is 0 Å². The van der Waals surface area contributed by atoms with Gasteiger partial charge in [-0.15, -0.1) is 0 Å². The van der Waals surface area contributed by atoms with E-state index in [1.807, 2.05) is 107 Å². The van der Waals surface area contributed by atoms with Crippen LogP contribution in [0.4, 0.5) is 11.6 Å². The van der Waals surface area contributed by atoms with Crippen LogP contribution in [0.15, 0.2) is 97.6 Å². The Morgan fingerprint density at radius 1 is 0.731 bits per heavy atom. The number of ether oxygens (including phenoxy) is 4. The van der Waals surface area contributed by atoms with Gasteiger partial charge in [0.1, 0.15) is 59.6 Å². The van der Waals surface area contributed by atoms with E-state index < -0.39 is 44.0 Å². The number of nitrogen functional groups attached to an aromatic ring is 2. The summed E-state index contributed by atoms with van der Waals surface area (Å²) in [4.78, 5) is 19.7. The second kappa shape index (κ2) is 22.8. The van der Waals surface area contributed by atoms with Gasteiger partial charge >= 0.3 is 5.97 Å². The number of benzene rings is 2. The SMILES string of the molecule is CC[C@@]1(C)OC(=O)[C@H](OCc2ccccc2)[C@@H]1C.CC[C@@]1(C)OC(O)(c2ccc3c(N)ncnn23)[C@H](OCc2ccccc2)[C@@H]1C.C[Si](C)(Cl)CC[Si](C)(C)Cl.Nc1ncnn2c(I)ccc12. The van der Waals surface area contributed by atoms with Crippen LogP contribution in [0, 0.1) is 15.5 Å². The highest BCUT2D eigenvalue weighted by Gasteiger charge is 2.60. The summed E-state index contributed by atoms with van der Waals surface area (Å²) in [5.41, 5.74) is 14.7. The predicted octanol–water partition coefficient (Wildman–Crippen LogP) is 10.6. The summed E-state index contributed by atoms with van der Waals surface area (Å²) in [7, 11) is -2.69. The minimum atomic E-state index is -1.66. The van der Waals surface area contributed by atoms with Gasteiger partial charge < -0.3 is 35.5 Å². The van der Waals surface area contributed by atoms with Gasteiger partial charge in [0.15, 0.2) is 17.7 Å². The van der Waals surface area contributed by atoms with Gasteiger partial charge in [0.05, 0.1) is 18.8 Å². The number of hydrogen-bond donors (Lipinski definition) is 3. The smallest absolute Gasteiger partial charge is 0.336 e. The number of fused-ring (bicyclic) bond motifs is 2. The molecule has 0 saturated carbocycles. The molecule has 0 radical (unpaired) electrons. The van der Waals surface area contributed by atoms with Crippen molar-refractivity contribution in [1.29, 1.82) is 0 Å². The fourth-order valence-corrected chi connectivity index (χ4v) is 14.8. The minimum Gasteiger partial charge on any atom is -0.457 e. The van der Waals surface area contributed by atoms with Crippen LogP contribution >= 0.6 is 44.7 Å². The Hall–Kier alpha value is -3.67. The van der Waals surface area contributed by atoms with Gasteiger partial charge in [-0.25, -0.2) is 23.8 Å². The average Bonchev–Trinajstić information content (AvgIpc) is 4.01. The first-order valence-electron chi connectivity index (χ1n) is 22.6. The van der Waals surface area contributed by atoms with Crippen molar-refractivity contribution in [3.63, 3.8) is 0 Å². The molecule has 5 N–H and O–H groups in total. The fraction of sp³-hybridized carbons (Fsp3) is 0.479. The number of halogens is 3. The van der Waals surface area contributed by atoms with E-state index in [0.29, 0.717) is 36.1 Å². The first-order valence-corrected chi connectivity index (χ1v) is 32.1. The fourth-order valence-electron chi connectivity index (χ4n) is 7.79. The van der Waals surface area contributed by atoms with Crippen molar-refractivity contribution in [3.05, 3.63) is 118 Å². The van der Waals surface area contributed by atoms with Crippen molar-refractivity contribution >= 4 is 88.2 Å². The molecule has 14 nitrogen and oxygen atoms in total. The number of nitrogens with two attached hydrogens (primary N) is 2. The lowest BCUT2D eigenvalue weighted by Crippen LogP contribution is -2.41. The van der Waals surface area contributed by atoms with Gasteiger partial charge in [-0.05, 0) is 96.8 Å². The molecule has 19 heteroatoms. The number of carbonyl (C=O) groups excluding carboxylic acids is 1. The van der Waals surface area contributed by atoms with Crippen molar-refractivity contribution in [2.75, 3.05) is 11.5 Å². The van der Waals surface area contributed by atoms with Gasteiger partial charge in [0.2, 0.25) is 5.79 Å². The molecule has 8 rings (SSSR count). The summed E-state index contributed by atoms with van der Waals surface area (Å²) in [6, 6.07) is 29.5. The topological polar surface area (TPSA) is 187 Å². The van der Waals surface area contributed by atoms with Crippen LogP contribution in [0.5, 0.6) is 0 Å². The molecule has 6 aromatic rings. The molecule has 1 unspecified atom stereocenters. The van der Waals surface area contributed by atoms with E-state index in [1.165, 1.54) is 12.7 Å². The van der Waals surface area contributed by atoms with Gasteiger partial charge in [-0.2, -0.15) is 32.4 Å². The lowest BCUT2D eigenvalue weighted by atomic mass is 9.84. The quantitative estimate of drug-likeness (QED) is 0.0456. The molecule has 2 aromatic carbocycles. The average molecular weight is 1110 g/mol. The highest BCUT2D eigenvalue weighted by atomic mass is 127. The van der Waals surface area contributed by atoms with Crippen LogP contribution < -0.4 is 11.5 Å². The highest BCUT2D eigenvalue weighted by Crippen LogP contribution is 2.50. The lowest BCUT2D eigenvalue weighted by Gasteiger charge is -2.30. The summed E-state index contributed by atoms with van der Waals surface area (Å²) < 4.78 is 28.1. The number of cyclic esters (lactones) is 1. The number of esters is 1. The Bertz CT molecular complexity index is 2520. The summed E-state index contributed by atoms with van der Waals surface area (Å²) in [5, 5.41) is 20.0. The van der Waals surface area contributed by atoms with E-state index in [0.717, 1.165) is 45.3 Å². The van der Waals surface area contributed by atoms with Crippen LogP contribution in [-0.2, 0) is 42.7 Å². The molecule has 0 amide bonds. The zero-order valence-electron chi connectivity index (χ0n) is 40.2. The maximum Gasteiger partial charge on any atom is 0.336 e. The zero-order chi connectivity index (χ0) is 49.4. The van der Waals surface area contributed by atoms with Crippen LogP contribution in [0.2, 0.25) is 38.3 Å². The monoisotopic (exact) mass is 1100 g/mol. The predicted molar refractivity (Wildman–Crippen MR) is 281 cm³/mol. The molecule has 0 spiro atoms. The number of carbonyl (C=O) groups is 1. The highest BCUT2D eigenvalue weighted by molar-refractivity contribution is 14.1. The molecule has 0 aliphatic carbocycles. The molecule has 7 atom stereocenters. The summed E-state index contributed by atoms with van der Waals surface area (Å²) in [6.45, 7) is 21.6. The van der Waals surface area contributed by atoms with E-state index in [1.54, 1.807) is 21.2 Å². The number of anilines is 2. The van der Waals surface area contributed by atoms with Crippen LogP contribution in [0.25, 0.3) is 11.0 Å². The van der Waals surface area contributed by atoms with E-state index in [-0.39, 0.29) is 17.8 Å².